The molecule has 0 fully saturated rings. The van der Waals surface area contributed by atoms with E-state index in [4.69, 9.17) is 0 Å². The fourth-order valence-corrected chi connectivity index (χ4v) is 7.58. The molecule has 0 bridgehead atoms. The fourth-order valence-electron chi connectivity index (χ4n) is 7.58. The zero-order chi connectivity index (χ0) is 23.7. The van der Waals surface area contributed by atoms with Crippen LogP contribution >= 0.6 is 0 Å². The van der Waals surface area contributed by atoms with E-state index in [0.29, 0.717) is 5.92 Å². The Hall–Kier alpha value is -3.12. The van der Waals surface area contributed by atoms with Crippen molar-refractivity contribution in [2.45, 2.75) is 53.4 Å². The lowest BCUT2D eigenvalue weighted by Gasteiger charge is -2.51. The van der Waals surface area contributed by atoms with Crippen molar-refractivity contribution < 1.29 is 4.58 Å². The molecule has 1 unspecified atom stereocenters. The minimum atomic E-state index is 0.0804. The monoisotopic (exact) mass is 448 g/mol. The van der Waals surface area contributed by atoms with Crippen LogP contribution in [0.25, 0.3) is 0 Å². The Morgan fingerprint density at radius 2 is 1.62 bits per heavy atom. The topological polar surface area (TPSA) is 30.0 Å². The van der Waals surface area contributed by atoms with Crippen LogP contribution in [0, 0.1) is 28.1 Å². The van der Waals surface area contributed by atoms with Gasteiger partial charge in [0.25, 0.3) is 0 Å². The van der Waals surface area contributed by atoms with Crippen LogP contribution < -0.4 is 4.90 Å². The third-order valence-corrected chi connectivity index (χ3v) is 8.59. The van der Waals surface area contributed by atoms with Gasteiger partial charge in [0.05, 0.1) is 0 Å². The van der Waals surface area contributed by atoms with E-state index in [1.807, 2.05) is 0 Å². The number of rotatable bonds is 1. The molecular formula is C31H34N3+. The zero-order valence-corrected chi connectivity index (χ0v) is 20.9. The minimum absolute atomic E-state index is 0.0804. The van der Waals surface area contributed by atoms with Crippen molar-refractivity contribution in [1.82, 2.24) is 0 Å². The van der Waals surface area contributed by atoms with E-state index in [-0.39, 0.29) is 10.8 Å². The highest BCUT2D eigenvalue weighted by Gasteiger charge is 2.52. The van der Waals surface area contributed by atoms with Gasteiger partial charge in [-0.15, -0.1) is 0 Å². The van der Waals surface area contributed by atoms with Crippen molar-refractivity contribution in [2.75, 3.05) is 18.0 Å². The van der Waals surface area contributed by atoms with Crippen LogP contribution in [0.5, 0.6) is 0 Å². The maximum atomic E-state index is 10.6. The van der Waals surface area contributed by atoms with Crippen molar-refractivity contribution in [3.05, 3.63) is 82.6 Å². The third kappa shape index (κ3) is 3.12. The first-order valence-corrected chi connectivity index (χ1v) is 12.7. The Labute approximate surface area is 203 Å². The van der Waals surface area contributed by atoms with Crippen LogP contribution in [0.4, 0.5) is 11.4 Å². The van der Waals surface area contributed by atoms with Gasteiger partial charge in [0.2, 0.25) is 11.4 Å². The number of hydrogen-bond acceptors (Lipinski definition) is 2. The maximum Gasteiger partial charge on any atom is 0.208 e. The molecular weight excluding hydrogens is 414 g/mol. The molecule has 0 radical (unpaired) electrons. The second-order valence-corrected chi connectivity index (χ2v) is 11.8. The van der Waals surface area contributed by atoms with Crippen LogP contribution in [-0.4, -0.2) is 23.4 Å². The summed E-state index contributed by atoms with van der Waals surface area (Å²) in [5.41, 5.74) is 10.4. The Morgan fingerprint density at radius 1 is 0.912 bits per heavy atom. The Bertz CT molecular complexity index is 1330. The van der Waals surface area contributed by atoms with Crippen LogP contribution in [0.15, 0.2) is 71.5 Å². The molecule has 0 amide bonds. The minimum Gasteiger partial charge on any atom is -0.345 e. The number of anilines is 1. The van der Waals surface area contributed by atoms with Gasteiger partial charge in [0.15, 0.2) is 6.54 Å². The van der Waals surface area contributed by atoms with Crippen LogP contribution in [0.1, 0.15) is 51.7 Å². The molecule has 1 atom stereocenters. The number of benzene rings is 2. The van der Waals surface area contributed by atoms with Gasteiger partial charge in [-0.05, 0) is 52.9 Å². The predicted molar refractivity (Wildman–Crippen MR) is 138 cm³/mol. The van der Waals surface area contributed by atoms with Gasteiger partial charge in [-0.3, -0.25) is 0 Å². The molecule has 6 rings (SSSR count). The summed E-state index contributed by atoms with van der Waals surface area (Å²) in [4.78, 5) is 2.52. The number of allylic oxidation sites excluding steroid dienone is 4. The van der Waals surface area contributed by atoms with Gasteiger partial charge in [-0.2, -0.15) is 9.84 Å². The average Bonchev–Trinajstić information content (AvgIpc) is 3.42. The van der Waals surface area contributed by atoms with E-state index in [2.05, 4.69) is 97.8 Å². The summed E-state index contributed by atoms with van der Waals surface area (Å²) in [6.45, 7) is 11.7. The average molecular weight is 449 g/mol. The smallest absolute Gasteiger partial charge is 0.208 e. The molecule has 0 aromatic heterocycles. The standard InChI is InChI=1S/C31H34N3/c1-30(2)18-23(33-15-13-21-9-5-7-11-26(21)33)17-24-25(20-32)28(19-31(3,4)29(24)30)34-16-14-22-10-6-8-12-27(22)34/h5-12,17,29H,13-16,18-19H2,1-4H3/q+1. The van der Waals surface area contributed by atoms with E-state index in [9.17, 15) is 5.26 Å². The van der Waals surface area contributed by atoms with Gasteiger partial charge in [-0.1, -0.05) is 64.1 Å². The molecule has 4 aliphatic rings. The van der Waals surface area contributed by atoms with E-state index in [1.165, 1.54) is 39.5 Å². The molecule has 2 aromatic rings. The predicted octanol–water partition coefficient (Wildman–Crippen LogP) is 6.57. The quantitative estimate of drug-likeness (QED) is 0.462. The first-order chi connectivity index (χ1) is 16.3. The van der Waals surface area contributed by atoms with Gasteiger partial charge < -0.3 is 4.90 Å². The van der Waals surface area contributed by atoms with E-state index in [0.717, 1.165) is 44.3 Å². The molecule has 34 heavy (non-hydrogen) atoms. The second-order valence-electron chi connectivity index (χ2n) is 11.8. The number of nitriles is 1. The van der Waals surface area contributed by atoms with Crippen molar-refractivity contribution in [3.63, 3.8) is 0 Å². The summed E-state index contributed by atoms with van der Waals surface area (Å²) in [5, 5.41) is 10.6. The summed E-state index contributed by atoms with van der Waals surface area (Å²) in [6, 6.07) is 20.2. The van der Waals surface area contributed by atoms with E-state index < -0.39 is 0 Å². The first kappa shape index (κ1) is 21.4. The van der Waals surface area contributed by atoms with Gasteiger partial charge in [0, 0.05) is 42.4 Å². The molecule has 3 heteroatoms. The summed E-state index contributed by atoms with van der Waals surface area (Å²) >= 11 is 0. The highest BCUT2D eigenvalue weighted by Crippen LogP contribution is 2.57. The molecule has 3 nitrogen and oxygen atoms in total. The third-order valence-electron chi connectivity index (χ3n) is 8.59. The van der Waals surface area contributed by atoms with E-state index >= 15 is 0 Å². The van der Waals surface area contributed by atoms with Crippen LogP contribution in [-0.2, 0) is 12.8 Å². The molecule has 0 saturated carbocycles. The zero-order valence-electron chi connectivity index (χ0n) is 20.9. The first-order valence-electron chi connectivity index (χ1n) is 12.7. The Morgan fingerprint density at radius 3 is 2.41 bits per heavy atom. The van der Waals surface area contributed by atoms with Crippen molar-refractivity contribution in [2.24, 2.45) is 16.7 Å². The van der Waals surface area contributed by atoms with Crippen molar-refractivity contribution >= 4 is 17.1 Å². The van der Waals surface area contributed by atoms with Crippen molar-refractivity contribution in [1.29, 1.82) is 5.26 Å². The van der Waals surface area contributed by atoms with Gasteiger partial charge in [0.1, 0.15) is 11.6 Å². The number of nitrogens with zero attached hydrogens (tertiary/aromatic N) is 3. The van der Waals surface area contributed by atoms with E-state index in [1.54, 1.807) is 0 Å². The van der Waals surface area contributed by atoms with Crippen LogP contribution in [0.3, 0.4) is 0 Å². The largest absolute Gasteiger partial charge is 0.345 e. The highest BCUT2D eigenvalue weighted by atomic mass is 15.2. The summed E-state index contributed by atoms with van der Waals surface area (Å²) in [6.07, 6.45) is 6.53. The summed E-state index contributed by atoms with van der Waals surface area (Å²) < 4.78 is 2.44. The second kappa shape index (κ2) is 7.44. The molecule has 172 valence electrons. The number of para-hydroxylation sites is 2. The molecule has 0 spiro atoms. The van der Waals surface area contributed by atoms with Gasteiger partial charge in [-0.25, -0.2) is 0 Å². The highest BCUT2D eigenvalue weighted by molar-refractivity contribution is 6.03. The maximum absolute atomic E-state index is 10.6. The lowest BCUT2D eigenvalue weighted by Crippen LogP contribution is -2.47. The molecule has 2 aliphatic carbocycles. The van der Waals surface area contributed by atoms with Gasteiger partial charge >= 0.3 is 0 Å². The summed E-state index contributed by atoms with van der Waals surface area (Å²) in [5.74, 6) is 0.359. The Balaban J connectivity index is 1.57. The lowest BCUT2D eigenvalue weighted by molar-refractivity contribution is -0.430. The normalized spacial score (nSPS) is 26.5. The summed E-state index contributed by atoms with van der Waals surface area (Å²) in [7, 11) is 0. The molecule has 2 aromatic carbocycles. The number of fused-ring (bicyclic) bond motifs is 3. The van der Waals surface area contributed by atoms with Crippen LogP contribution in [0.2, 0.25) is 0 Å². The number of hydrogen-bond donors (Lipinski definition) is 0. The Kier molecular flexibility index (Phi) is 4.69. The fraction of sp³-hybridized carbons (Fsp3) is 0.419. The molecule has 2 aliphatic heterocycles. The lowest BCUT2D eigenvalue weighted by atomic mass is 9.53. The molecule has 0 saturated heterocycles. The van der Waals surface area contributed by atoms with Crippen molar-refractivity contribution in [3.8, 4) is 6.07 Å². The molecule has 0 N–H and O–H groups in total. The molecule has 2 heterocycles. The SMILES string of the molecule is CC1(C)CC(N2CCc3ccccc32)=CC2=C(C#N)/C(=[N+]3\CCc4ccccc43)CC(C)(C)C21.